The minimum Gasteiger partial charge on any atom is -0.460 e. The molecule has 0 bridgehead atoms. The molecule has 2 aromatic carbocycles. The maximum atomic E-state index is 13.8. The van der Waals surface area contributed by atoms with Crippen molar-refractivity contribution in [2.24, 2.45) is 0 Å². The Morgan fingerprint density at radius 2 is 1.90 bits per heavy atom. The number of aliphatic hydroxyl groups is 1. The number of carbonyl (C=O) groups excluding carboxylic acids is 1. The molecule has 0 spiro atoms. The molecular formula is C26H29N6O7P. The van der Waals surface area contributed by atoms with Crippen molar-refractivity contribution in [3.05, 3.63) is 78.9 Å². The first-order valence-corrected chi connectivity index (χ1v) is 14.1. The van der Waals surface area contributed by atoms with E-state index in [2.05, 4.69) is 20.0 Å². The summed E-state index contributed by atoms with van der Waals surface area (Å²) in [6.07, 6.45) is 0.503. The van der Waals surface area contributed by atoms with Crippen LogP contribution in [0, 0.1) is 0 Å². The molecule has 210 valence electrons. The van der Waals surface area contributed by atoms with E-state index < -0.39 is 38.2 Å². The molecule has 40 heavy (non-hydrogen) atoms. The number of benzene rings is 2. The van der Waals surface area contributed by atoms with Crippen molar-refractivity contribution in [1.29, 1.82) is 0 Å². The van der Waals surface area contributed by atoms with Crippen LogP contribution in [-0.4, -0.2) is 55.5 Å². The molecule has 4 aromatic rings. The second kappa shape index (κ2) is 12.1. The summed E-state index contributed by atoms with van der Waals surface area (Å²) in [5, 5.41) is 13.4. The quantitative estimate of drug-likeness (QED) is 0.179. The van der Waals surface area contributed by atoms with E-state index in [9.17, 15) is 14.5 Å². The first kappa shape index (κ1) is 27.7. The number of nitrogens with zero attached hydrogens (tertiary/aromatic N) is 4. The number of para-hydroxylation sites is 1. The zero-order chi connectivity index (χ0) is 28.1. The first-order chi connectivity index (χ1) is 19.3. The highest BCUT2D eigenvalue weighted by atomic mass is 31.2. The van der Waals surface area contributed by atoms with E-state index in [1.807, 2.05) is 30.3 Å². The molecular weight excluding hydrogens is 539 g/mol. The molecule has 0 amide bonds. The highest BCUT2D eigenvalue weighted by molar-refractivity contribution is 7.52. The van der Waals surface area contributed by atoms with Gasteiger partial charge < -0.3 is 24.8 Å². The smallest absolute Gasteiger partial charge is 0.459 e. The topological polar surface area (TPSA) is 173 Å². The van der Waals surface area contributed by atoms with E-state index in [1.165, 1.54) is 19.6 Å². The molecule has 3 heterocycles. The summed E-state index contributed by atoms with van der Waals surface area (Å²) in [5.74, 6) is -0.154. The van der Waals surface area contributed by atoms with Crippen molar-refractivity contribution in [2.75, 3.05) is 12.3 Å². The van der Waals surface area contributed by atoms with Gasteiger partial charge in [0.25, 0.3) is 0 Å². The second-order valence-electron chi connectivity index (χ2n) is 9.18. The number of hydrogen-bond donors (Lipinski definition) is 3. The second-order valence-corrected chi connectivity index (χ2v) is 10.9. The molecule has 0 unspecified atom stereocenters. The average molecular weight is 569 g/mol. The van der Waals surface area contributed by atoms with E-state index in [4.69, 9.17) is 24.3 Å². The Labute approximate surface area is 229 Å². The summed E-state index contributed by atoms with van der Waals surface area (Å²) >= 11 is 0. The number of ether oxygens (including phenoxy) is 2. The van der Waals surface area contributed by atoms with Crippen molar-refractivity contribution in [1.82, 2.24) is 24.6 Å². The molecule has 14 heteroatoms. The van der Waals surface area contributed by atoms with E-state index >= 15 is 0 Å². The molecule has 0 saturated carbocycles. The van der Waals surface area contributed by atoms with Crippen LogP contribution in [-0.2, 0) is 30.0 Å². The molecule has 5 atom stereocenters. The number of imidazole rings is 1. The molecule has 13 nitrogen and oxygen atoms in total. The monoisotopic (exact) mass is 568 g/mol. The van der Waals surface area contributed by atoms with Crippen LogP contribution in [0.15, 0.2) is 73.3 Å². The lowest BCUT2D eigenvalue weighted by Crippen LogP contribution is -2.35. The molecule has 1 aliphatic rings. The molecule has 1 fully saturated rings. The van der Waals surface area contributed by atoms with Gasteiger partial charge in [0.1, 0.15) is 36.3 Å². The molecule has 0 radical (unpaired) electrons. The fraction of sp³-hybridized carbons (Fsp3) is 0.308. The fourth-order valence-corrected chi connectivity index (χ4v) is 5.70. The summed E-state index contributed by atoms with van der Waals surface area (Å²) in [5.41, 5.74) is 7.47. The number of hydrogen-bond acceptors (Lipinski definition) is 11. The van der Waals surface area contributed by atoms with Gasteiger partial charge in [0.05, 0.1) is 19.0 Å². The van der Waals surface area contributed by atoms with Crippen LogP contribution in [0.3, 0.4) is 0 Å². The SMILES string of the molecule is C[C@H](N[P@@](=O)(OC[C@@H]1C[C@@H](O)[C@H](n2cnc3c(N)ncnc32)O1)Oc1ccccc1)C(=O)OCc1ccccc1. The predicted molar refractivity (Wildman–Crippen MR) is 144 cm³/mol. The lowest BCUT2D eigenvalue weighted by Gasteiger charge is -2.24. The summed E-state index contributed by atoms with van der Waals surface area (Å²) in [6, 6.07) is 16.6. The molecule has 1 aliphatic heterocycles. The molecule has 0 aliphatic carbocycles. The van der Waals surface area contributed by atoms with E-state index in [-0.39, 0.29) is 31.2 Å². The summed E-state index contributed by atoms with van der Waals surface area (Å²) in [4.78, 5) is 25.0. The van der Waals surface area contributed by atoms with E-state index in [0.29, 0.717) is 11.2 Å². The number of nitrogen functional groups attached to an aromatic ring is 1. The highest BCUT2D eigenvalue weighted by Crippen LogP contribution is 2.46. The van der Waals surface area contributed by atoms with Crippen LogP contribution in [0.5, 0.6) is 5.75 Å². The first-order valence-electron chi connectivity index (χ1n) is 12.6. The highest BCUT2D eigenvalue weighted by Gasteiger charge is 2.39. The number of aliphatic hydroxyl groups excluding tert-OH is 1. The van der Waals surface area contributed by atoms with Crippen molar-refractivity contribution in [2.45, 2.75) is 44.4 Å². The van der Waals surface area contributed by atoms with Gasteiger partial charge in [0.2, 0.25) is 0 Å². The zero-order valence-electron chi connectivity index (χ0n) is 21.6. The van der Waals surface area contributed by atoms with E-state index in [1.54, 1.807) is 34.9 Å². The summed E-state index contributed by atoms with van der Waals surface area (Å²) in [7, 11) is -4.11. The number of carbonyl (C=O) groups is 1. The van der Waals surface area contributed by atoms with Gasteiger partial charge in [0, 0.05) is 6.42 Å². The number of nitrogens with one attached hydrogen (secondary N) is 1. The number of esters is 1. The van der Waals surface area contributed by atoms with Gasteiger partial charge in [-0.15, -0.1) is 0 Å². The third kappa shape index (κ3) is 6.46. The third-order valence-corrected chi connectivity index (χ3v) is 7.80. The van der Waals surface area contributed by atoms with Crippen molar-refractivity contribution >= 4 is 30.7 Å². The number of anilines is 1. The van der Waals surface area contributed by atoms with Gasteiger partial charge in [-0.1, -0.05) is 48.5 Å². The van der Waals surface area contributed by atoms with Crippen LogP contribution in [0.4, 0.5) is 5.82 Å². The van der Waals surface area contributed by atoms with Crippen LogP contribution in [0.1, 0.15) is 25.1 Å². The van der Waals surface area contributed by atoms with Gasteiger partial charge in [-0.05, 0) is 24.6 Å². The van der Waals surface area contributed by atoms with Crippen LogP contribution >= 0.6 is 7.75 Å². The van der Waals surface area contributed by atoms with Crippen LogP contribution in [0.25, 0.3) is 11.2 Å². The third-order valence-electron chi connectivity index (χ3n) is 6.16. The van der Waals surface area contributed by atoms with Gasteiger partial charge in [-0.3, -0.25) is 13.9 Å². The van der Waals surface area contributed by atoms with Crippen LogP contribution < -0.4 is 15.3 Å². The molecule has 4 N–H and O–H groups in total. The Bertz CT molecular complexity index is 1490. The zero-order valence-corrected chi connectivity index (χ0v) is 22.5. The Kier molecular flexibility index (Phi) is 8.38. The van der Waals surface area contributed by atoms with Gasteiger partial charge in [0.15, 0.2) is 17.7 Å². The van der Waals surface area contributed by atoms with Gasteiger partial charge in [-0.25, -0.2) is 19.5 Å². The van der Waals surface area contributed by atoms with Crippen molar-refractivity contribution in [3.63, 3.8) is 0 Å². The maximum Gasteiger partial charge on any atom is 0.459 e. The number of nitrogens with two attached hydrogens (primary N) is 1. The standard InChI is InChI=1S/C26H29N6O7P/c1-17(26(34)36-13-18-8-4-2-5-9-18)31-40(35,39-19-10-6-3-7-11-19)37-14-20-12-21(33)25(38-20)32-16-30-22-23(27)28-15-29-24(22)32/h2-11,15-17,20-21,25,33H,12-14H2,1H3,(H,31,35)(H2,27,28,29)/t17-,20-,21+,25+,40+/m0/s1. The lowest BCUT2D eigenvalue weighted by molar-refractivity contribution is -0.146. The normalized spacial score (nSPS) is 21.1. The number of fused-ring (bicyclic) bond motifs is 1. The molecule has 2 aromatic heterocycles. The number of aromatic nitrogens is 4. The lowest BCUT2D eigenvalue weighted by atomic mass is 10.2. The predicted octanol–water partition coefficient (Wildman–Crippen LogP) is 2.98. The molecule has 1 saturated heterocycles. The summed E-state index contributed by atoms with van der Waals surface area (Å²) in [6.45, 7) is 1.35. The van der Waals surface area contributed by atoms with Gasteiger partial charge in [-0.2, -0.15) is 5.09 Å². The minimum absolute atomic E-state index is 0.0606. The summed E-state index contributed by atoms with van der Waals surface area (Å²) < 4.78 is 38.1. The number of rotatable bonds is 11. The van der Waals surface area contributed by atoms with E-state index in [0.717, 1.165) is 5.56 Å². The Balaban J connectivity index is 1.25. The molecule has 5 rings (SSSR count). The van der Waals surface area contributed by atoms with Crippen molar-refractivity contribution < 1.29 is 33.0 Å². The van der Waals surface area contributed by atoms with Crippen molar-refractivity contribution in [3.8, 4) is 5.75 Å². The van der Waals surface area contributed by atoms with Crippen LogP contribution in [0.2, 0.25) is 0 Å². The minimum atomic E-state index is -4.11. The average Bonchev–Trinajstić information content (AvgIpc) is 3.55. The Morgan fingerprint density at radius 3 is 2.65 bits per heavy atom. The maximum absolute atomic E-state index is 13.8. The fourth-order valence-electron chi connectivity index (χ4n) is 4.18. The Hall–Kier alpha value is -3.87. The Morgan fingerprint density at radius 1 is 1.18 bits per heavy atom. The largest absolute Gasteiger partial charge is 0.460 e. The van der Waals surface area contributed by atoms with Gasteiger partial charge >= 0.3 is 13.7 Å².